The first-order chi connectivity index (χ1) is 10.6. The molecule has 6 nitrogen and oxygen atoms in total. The number of rotatable bonds is 3. The maximum atomic E-state index is 12.2. The van der Waals surface area contributed by atoms with Crippen LogP contribution in [0.3, 0.4) is 0 Å². The third kappa shape index (κ3) is 2.50. The molecule has 0 fully saturated rings. The van der Waals surface area contributed by atoms with Crippen LogP contribution in [-0.4, -0.2) is 39.1 Å². The summed E-state index contributed by atoms with van der Waals surface area (Å²) in [4.78, 5) is 25.6. The molecule has 0 bridgehead atoms. The molecule has 0 atom stereocenters. The van der Waals surface area contributed by atoms with Gasteiger partial charge in [0, 0.05) is 25.9 Å². The highest BCUT2D eigenvalue weighted by Gasteiger charge is 2.09. The first-order valence-electron chi connectivity index (χ1n) is 6.91. The number of pyridine rings is 1. The van der Waals surface area contributed by atoms with E-state index in [1.165, 1.54) is 14.0 Å². The molecule has 0 saturated carbocycles. The van der Waals surface area contributed by atoms with E-state index in [-0.39, 0.29) is 11.6 Å². The Kier molecular flexibility index (Phi) is 3.50. The van der Waals surface area contributed by atoms with Crippen molar-refractivity contribution in [1.29, 1.82) is 0 Å². The molecule has 2 heterocycles. The summed E-state index contributed by atoms with van der Waals surface area (Å²) in [6.07, 6.45) is 1.69. The van der Waals surface area contributed by atoms with Crippen LogP contribution in [0.5, 0.6) is 0 Å². The molecule has 1 amide bonds. The number of carbonyl (C=O) groups excluding carboxylic acids is 1. The van der Waals surface area contributed by atoms with Crippen molar-refractivity contribution < 1.29 is 4.79 Å². The van der Waals surface area contributed by atoms with Gasteiger partial charge >= 0.3 is 5.69 Å². The van der Waals surface area contributed by atoms with Crippen LogP contribution in [0.2, 0.25) is 0 Å². The van der Waals surface area contributed by atoms with Crippen LogP contribution in [0.4, 0.5) is 0 Å². The molecule has 112 valence electrons. The Morgan fingerprint density at radius 3 is 2.50 bits per heavy atom. The number of nitrogens with zero attached hydrogens (tertiary/aromatic N) is 4. The van der Waals surface area contributed by atoms with Crippen LogP contribution in [0.15, 0.2) is 53.5 Å². The standard InChI is InChI=1S/C16H16N4O2/c1-18(2)15(21)13-8-6-12(7-9-13)11-20-16(22)19-10-4-3-5-14(19)17-20/h3-10H,11H2,1-2H3. The summed E-state index contributed by atoms with van der Waals surface area (Å²) in [6, 6.07) is 12.6. The monoisotopic (exact) mass is 296 g/mol. The second-order valence-corrected chi connectivity index (χ2v) is 5.27. The second-order valence-electron chi connectivity index (χ2n) is 5.27. The third-order valence-electron chi connectivity index (χ3n) is 3.43. The highest BCUT2D eigenvalue weighted by Crippen LogP contribution is 2.07. The van der Waals surface area contributed by atoms with Crippen molar-refractivity contribution in [2.75, 3.05) is 14.1 Å². The number of fused-ring (bicyclic) bond motifs is 1. The minimum absolute atomic E-state index is 0.0450. The minimum Gasteiger partial charge on any atom is -0.345 e. The summed E-state index contributed by atoms with van der Waals surface area (Å²) >= 11 is 0. The maximum Gasteiger partial charge on any atom is 0.350 e. The number of hydrogen-bond donors (Lipinski definition) is 0. The van der Waals surface area contributed by atoms with Crippen LogP contribution in [0.25, 0.3) is 5.65 Å². The number of hydrogen-bond acceptors (Lipinski definition) is 3. The van der Waals surface area contributed by atoms with Crippen LogP contribution < -0.4 is 5.69 Å². The molecular weight excluding hydrogens is 280 g/mol. The summed E-state index contributed by atoms with van der Waals surface area (Å²) in [5, 5.41) is 4.29. The van der Waals surface area contributed by atoms with Crippen molar-refractivity contribution in [1.82, 2.24) is 19.1 Å². The fourth-order valence-electron chi connectivity index (χ4n) is 2.25. The van der Waals surface area contributed by atoms with Gasteiger partial charge in [-0.05, 0) is 29.8 Å². The Labute approximate surface area is 127 Å². The normalized spacial score (nSPS) is 10.8. The zero-order valence-electron chi connectivity index (χ0n) is 12.4. The largest absolute Gasteiger partial charge is 0.350 e. The predicted molar refractivity (Wildman–Crippen MR) is 83.0 cm³/mol. The summed E-state index contributed by atoms with van der Waals surface area (Å²) in [5.74, 6) is -0.0450. The van der Waals surface area contributed by atoms with E-state index in [2.05, 4.69) is 5.10 Å². The van der Waals surface area contributed by atoms with Gasteiger partial charge in [-0.1, -0.05) is 18.2 Å². The lowest BCUT2D eigenvalue weighted by molar-refractivity contribution is 0.0827. The predicted octanol–water partition coefficient (Wildman–Crippen LogP) is 1.25. The average Bonchev–Trinajstić information content (AvgIpc) is 2.84. The molecule has 0 radical (unpaired) electrons. The summed E-state index contributed by atoms with van der Waals surface area (Å²) in [6.45, 7) is 0.372. The Balaban J connectivity index is 1.88. The van der Waals surface area contributed by atoms with Crippen LogP contribution in [0, 0.1) is 0 Å². The lowest BCUT2D eigenvalue weighted by atomic mass is 10.1. The van der Waals surface area contributed by atoms with E-state index in [1.807, 2.05) is 18.2 Å². The van der Waals surface area contributed by atoms with E-state index in [0.717, 1.165) is 5.56 Å². The smallest absolute Gasteiger partial charge is 0.345 e. The van der Waals surface area contributed by atoms with E-state index in [0.29, 0.717) is 17.8 Å². The van der Waals surface area contributed by atoms with Gasteiger partial charge in [0.05, 0.1) is 6.54 Å². The molecule has 6 heteroatoms. The Morgan fingerprint density at radius 1 is 1.14 bits per heavy atom. The molecule has 22 heavy (non-hydrogen) atoms. The molecule has 0 N–H and O–H groups in total. The number of carbonyl (C=O) groups is 1. The molecule has 0 spiro atoms. The zero-order valence-corrected chi connectivity index (χ0v) is 12.4. The van der Waals surface area contributed by atoms with Gasteiger partial charge in [-0.25, -0.2) is 9.48 Å². The van der Waals surface area contributed by atoms with Gasteiger partial charge in [-0.15, -0.1) is 5.10 Å². The maximum absolute atomic E-state index is 12.2. The third-order valence-corrected chi connectivity index (χ3v) is 3.43. The van der Waals surface area contributed by atoms with Gasteiger partial charge < -0.3 is 4.90 Å². The Hall–Kier alpha value is -2.89. The van der Waals surface area contributed by atoms with Crippen LogP contribution in [0.1, 0.15) is 15.9 Å². The molecule has 0 aliphatic carbocycles. The Bertz CT molecular complexity index is 875. The molecule has 1 aromatic carbocycles. The summed E-state index contributed by atoms with van der Waals surface area (Å²) in [5.41, 5.74) is 1.98. The highest BCUT2D eigenvalue weighted by atomic mass is 16.2. The molecule has 0 aliphatic rings. The van der Waals surface area contributed by atoms with Gasteiger partial charge in [0.1, 0.15) is 0 Å². The van der Waals surface area contributed by atoms with Crippen molar-refractivity contribution in [2.24, 2.45) is 0 Å². The molecule has 3 rings (SSSR count). The molecule has 0 unspecified atom stereocenters. The van der Waals surface area contributed by atoms with Crippen molar-refractivity contribution in [2.45, 2.75) is 6.54 Å². The fraction of sp³-hybridized carbons (Fsp3) is 0.188. The van der Waals surface area contributed by atoms with Crippen LogP contribution >= 0.6 is 0 Å². The molecule has 3 aromatic rings. The van der Waals surface area contributed by atoms with E-state index in [4.69, 9.17) is 0 Å². The van der Waals surface area contributed by atoms with Crippen molar-refractivity contribution in [3.05, 3.63) is 70.3 Å². The van der Waals surface area contributed by atoms with E-state index >= 15 is 0 Å². The first kappa shape index (κ1) is 14.1. The zero-order chi connectivity index (χ0) is 15.7. The summed E-state index contributed by atoms with van der Waals surface area (Å²) < 4.78 is 2.92. The van der Waals surface area contributed by atoms with Gasteiger partial charge in [-0.3, -0.25) is 9.20 Å². The second kappa shape index (κ2) is 5.48. The van der Waals surface area contributed by atoms with Gasteiger partial charge in [-0.2, -0.15) is 0 Å². The van der Waals surface area contributed by atoms with Crippen molar-refractivity contribution >= 4 is 11.6 Å². The first-order valence-corrected chi connectivity index (χ1v) is 6.91. The number of amides is 1. The van der Waals surface area contributed by atoms with Crippen LogP contribution in [-0.2, 0) is 6.54 Å². The highest BCUT2D eigenvalue weighted by molar-refractivity contribution is 5.93. The number of aromatic nitrogens is 3. The lowest BCUT2D eigenvalue weighted by Gasteiger charge is -2.10. The van der Waals surface area contributed by atoms with E-state index < -0.39 is 0 Å². The molecule has 0 aliphatic heterocycles. The van der Waals surface area contributed by atoms with Crippen molar-refractivity contribution in [3.8, 4) is 0 Å². The lowest BCUT2D eigenvalue weighted by Crippen LogP contribution is -2.22. The number of benzene rings is 1. The molecule has 2 aromatic heterocycles. The molecule has 0 saturated heterocycles. The fourth-order valence-corrected chi connectivity index (χ4v) is 2.25. The average molecular weight is 296 g/mol. The SMILES string of the molecule is CN(C)C(=O)c1ccc(Cn2nc3ccccn3c2=O)cc1. The summed E-state index contributed by atoms with van der Waals surface area (Å²) in [7, 11) is 3.43. The van der Waals surface area contributed by atoms with Gasteiger partial charge in [0.15, 0.2) is 5.65 Å². The Morgan fingerprint density at radius 2 is 1.86 bits per heavy atom. The van der Waals surface area contributed by atoms with E-state index in [9.17, 15) is 9.59 Å². The van der Waals surface area contributed by atoms with E-state index in [1.54, 1.807) is 44.6 Å². The van der Waals surface area contributed by atoms with Gasteiger partial charge in [0.25, 0.3) is 5.91 Å². The topological polar surface area (TPSA) is 59.6 Å². The quantitative estimate of drug-likeness (QED) is 0.731. The molecular formula is C16H16N4O2. The van der Waals surface area contributed by atoms with Crippen molar-refractivity contribution in [3.63, 3.8) is 0 Å². The van der Waals surface area contributed by atoms with Gasteiger partial charge in [0.2, 0.25) is 0 Å². The minimum atomic E-state index is -0.177.